The second kappa shape index (κ2) is 11.9. The van der Waals surface area contributed by atoms with Crippen LogP contribution in [0, 0.1) is 6.92 Å². The van der Waals surface area contributed by atoms with E-state index in [9.17, 15) is 4.79 Å². The third kappa shape index (κ3) is 5.67. The van der Waals surface area contributed by atoms with Gasteiger partial charge in [0, 0.05) is 14.1 Å². The van der Waals surface area contributed by atoms with Crippen LogP contribution >= 0.6 is 0 Å². The van der Waals surface area contributed by atoms with E-state index in [-0.39, 0.29) is 5.69 Å². The molecule has 0 fully saturated rings. The van der Waals surface area contributed by atoms with Crippen molar-refractivity contribution in [3.8, 4) is 22.6 Å². The molecular weight excluding hydrogens is 472 g/mol. The Morgan fingerprint density at radius 3 is 2.50 bits per heavy atom. The van der Waals surface area contributed by atoms with Crippen LogP contribution in [0.1, 0.15) is 30.0 Å². The normalized spacial score (nSPS) is 11.9. The van der Waals surface area contributed by atoms with Crippen LogP contribution in [0.25, 0.3) is 22.2 Å². The van der Waals surface area contributed by atoms with Gasteiger partial charge in [0.15, 0.2) is 0 Å². The fourth-order valence-corrected chi connectivity index (χ4v) is 4.70. The summed E-state index contributed by atoms with van der Waals surface area (Å²) in [5, 5.41) is 0. The quantitative estimate of drug-likeness (QED) is 0.219. The Balaban J connectivity index is 1.73. The predicted molar refractivity (Wildman–Crippen MR) is 157 cm³/mol. The number of benzene rings is 3. The number of hydrogen-bond acceptors (Lipinski definition) is 3. The van der Waals surface area contributed by atoms with Gasteiger partial charge < -0.3 is 9.47 Å². The first-order chi connectivity index (χ1) is 18.4. The van der Waals surface area contributed by atoms with Crippen molar-refractivity contribution < 1.29 is 9.47 Å². The van der Waals surface area contributed by atoms with Crippen molar-refractivity contribution in [2.24, 2.45) is 14.1 Å². The van der Waals surface area contributed by atoms with E-state index in [2.05, 4.69) is 68.1 Å². The summed E-state index contributed by atoms with van der Waals surface area (Å²) >= 11 is 0. The van der Waals surface area contributed by atoms with Gasteiger partial charge in [-0.05, 0) is 83.5 Å². The minimum atomic E-state index is -0.0412. The number of aryl methyl sites for hydroxylation is 3. The third-order valence-corrected chi connectivity index (χ3v) is 6.81. The van der Waals surface area contributed by atoms with E-state index in [0.29, 0.717) is 13.0 Å². The molecule has 0 amide bonds. The second-order valence-electron chi connectivity index (χ2n) is 9.48. The molecule has 0 saturated heterocycles. The lowest BCUT2D eigenvalue weighted by Crippen LogP contribution is -2.19. The molecule has 1 aromatic heterocycles. The first-order valence-corrected chi connectivity index (χ1v) is 12.9. The van der Waals surface area contributed by atoms with Gasteiger partial charge in [-0.25, -0.2) is 4.79 Å². The summed E-state index contributed by atoms with van der Waals surface area (Å²) in [6.45, 7) is 8.43. The van der Waals surface area contributed by atoms with Crippen molar-refractivity contribution >= 4 is 11.0 Å². The molecule has 0 N–H and O–H groups in total. The molecule has 0 aliphatic heterocycles. The van der Waals surface area contributed by atoms with Crippen LogP contribution in [-0.2, 0) is 20.5 Å². The van der Waals surface area contributed by atoms with Crippen molar-refractivity contribution in [2.45, 2.75) is 26.7 Å². The summed E-state index contributed by atoms with van der Waals surface area (Å²) in [4.78, 5) is 12.7. The first-order valence-electron chi connectivity index (χ1n) is 12.9. The summed E-state index contributed by atoms with van der Waals surface area (Å²) < 4.78 is 15.1. The van der Waals surface area contributed by atoms with Crippen molar-refractivity contribution in [2.75, 3.05) is 13.7 Å². The van der Waals surface area contributed by atoms with E-state index in [4.69, 9.17) is 9.47 Å². The van der Waals surface area contributed by atoms with E-state index in [1.807, 2.05) is 39.2 Å². The molecule has 0 spiro atoms. The highest BCUT2D eigenvalue weighted by molar-refractivity contribution is 5.85. The van der Waals surface area contributed by atoms with Crippen LogP contribution < -0.4 is 15.2 Å². The minimum absolute atomic E-state index is 0.0412. The number of imidazole rings is 1. The van der Waals surface area contributed by atoms with E-state index in [1.54, 1.807) is 22.3 Å². The predicted octanol–water partition coefficient (Wildman–Crippen LogP) is 6.91. The molecular formula is C33H36N2O3. The molecule has 5 nitrogen and oxygen atoms in total. The Morgan fingerprint density at radius 1 is 1.03 bits per heavy atom. The summed E-state index contributed by atoms with van der Waals surface area (Å²) in [6.07, 6.45) is 9.60. The number of ether oxygens (including phenoxy) is 2. The highest BCUT2D eigenvalue weighted by Crippen LogP contribution is 2.33. The summed E-state index contributed by atoms with van der Waals surface area (Å²) in [5.74, 6) is 1.65. The molecule has 5 heteroatoms. The Bertz CT molecular complexity index is 1580. The topological polar surface area (TPSA) is 45.4 Å². The van der Waals surface area contributed by atoms with Gasteiger partial charge in [0.05, 0.1) is 18.1 Å². The smallest absolute Gasteiger partial charge is 0.328 e. The first kappa shape index (κ1) is 26.8. The molecule has 0 bridgehead atoms. The van der Waals surface area contributed by atoms with Crippen LogP contribution in [0.15, 0.2) is 95.8 Å². The molecule has 0 aliphatic rings. The largest absolute Gasteiger partial charge is 0.496 e. The Morgan fingerprint density at radius 2 is 1.79 bits per heavy atom. The maximum absolute atomic E-state index is 12.7. The lowest BCUT2D eigenvalue weighted by Gasteiger charge is -2.15. The highest BCUT2D eigenvalue weighted by Gasteiger charge is 2.15. The number of allylic oxidation sites excluding steroid dienone is 3. The van der Waals surface area contributed by atoms with Gasteiger partial charge in [-0.1, -0.05) is 62.1 Å². The highest BCUT2D eigenvalue weighted by atomic mass is 16.5. The van der Waals surface area contributed by atoms with E-state index >= 15 is 0 Å². The number of hydrogen-bond donors (Lipinski definition) is 0. The fraction of sp³-hybridized carbons (Fsp3) is 0.242. The van der Waals surface area contributed by atoms with Crippen LogP contribution in [0.2, 0.25) is 0 Å². The molecule has 38 heavy (non-hydrogen) atoms. The van der Waals surface area contributed by atoms with Crippen molar-refractivity contribution in [3.05, 3.63) is 118 Å². The summed E-state index contributed by atoms with van der Waals surface area (Å²) in [6, 6.07) is 18.7. The average molecular weight is 509 g/mol. The van der Waals surface area contributed by atoms with E-state index in [1.165, 1.54) is 0 Å². The number of nitrogens with zero attached hydrogens (tertiary/aromatic N) is 2. The molecule has 0 atom stereocenters. The molecule has 1 heterocycles. The molecule has 4 aromatic rings. The monoisotopic (exact) mass is 508 g/mol. The number of rotatable bonds is 10. The van der Waals surface area contributed by atoms with Crippen molar-refractivity contribution in [3.63, 3.8) is 0 Å². The lowest BCUT2D eigenvalue weighted by molar-refractivity contribution is 0.355. The van der Waals surface area contributed by atoms with Crippen LogP contribution in [-0.4, -0.2) is 22.9 Å². The Labute approximate surface area is 225 Å². The number of fused-ring (bicyclic) bond motifs is 1. The van der Waals surface area contributed by atoms with Crippen molar-refractivity contribution in [1.82, 2.24) is 9.13 Å². The number of methoxy groups -OCH3 is 1. The standard InChI is InChI=1S/C33H36N2O3/c1-7-9-12-24(11-8-2)22-38-28-14-10-13-25(18-28)17-27-19-30-31(35(5)33(36)34(30)4)21-29(27)26-16-15-23(3)32(20-26)37-6/h8-16,18-21H,2,7,17,22H2,1,3-6H3/b12-9-,24-11+. The Kier molecular flexibility index (Phi) is 8.37. The fourth-order valence-electron chi connectivity index (χ4n) is 4.70. The third-order valence-electron chi connectivity index (χ3n) is 6.81. The molecule has 0 radical (unpaired) electrons. The van der Waals surface area contributed by atoms with Crippen LogP contribution in [0.3, 0.4) is 0 Å². The lowest BCUT2D eigenvalue weighted by atomic mass is 9.93. The van der Waals surface area contributed by atoms with Crippen LogP contribution in [0.4, 0.5) is 0 Å². The van der Waals surface area contributed by atoms with Gasteiger partial charge in [0.25, 0.3) is 0 Å². The summed E-state index contributed by atoms with van der Waals surface area (Å²) in [5.41, 5.74) is 8.29. The second-order valence-corrected chi connectivity index (χ2v) is 9.48. The zero-order valence-electron chi connectivity index (χ0n) is 23.0. The molecule has 0 saturated carbocycles. The average Bonchev–Trinajstić information content (AvgIpc) is 3.13. The molecule has 3 aromatic carbocycles. The molecule has 0 unspecified atom stereocenters. The van der Waals surface area contributed by atoms with E-state index in [0.717, 1.165) is 62.3 Å². The van der Waals surface area contributed by atoms with E-state index < -0.39 is 0 Å². The van der Waals surface area contributed by atoms with Crippen LogP contribution in [0.5, 0.6) is 11.5 Å². The molecule has 0 aliphatic carbocycles. The van der Waals surface area contributed by atoms with Gasteiger partial charge >= 0.3 is 5.69 Å². The zero-order chi connectivity index (χ0) is 27.2. The van der Waals surface area contributed by atoms with Gasteiger partial charge in [-0.3, -0.25) is 9.13 Å². The maximum Gasteiger partial charge on any atom is 0.328 e. The van der Waals surface area contributed by atoms with Gasteiger partial charge in [0.2, 0.25) is 0 Å². The molecule has 196 valence electrons. The SMILES string of the molecule is C=C/C=C(\C=C/CC)COc1cccc(Cc2cc3c(cc2-c2ccc(C)c(OC)c2)n(C)c(=O)n3C)c1. The van der Waals surface area contributed by atoms with Gasteiger partial charge in [-0.2, -0.15) is 0 Å². The van der Waals surface area contributed by atoms with Gasteiger partial charge in [0.1, 0.15) is 18.1 Å². The summed E-state index contributed by atoms with van der Waals surface area (Å²) in [7, 11) is 5.32. The Hall–Kier alpha value is -4.25. The molecule has 4 rings (SSSR count). The van der Waals surface area contributed by atoms with Gasteiger partial charge in [-0.15, -0.1) is 0 Å². The zero-order valence-corrected chi connectivity index (χ0v) is 23.0. The van der Waals surface area contributed by atoms with Crippen molar-refractivity contribution in [1.29, 1.82) is 0 Å². The number of aromatic nitrogens is 2. The minimum Gasteiger partial charge on any atom is -0.496 e. The maximum atomic E-state index is 12.7.